The molecule has 0 bridgehead atoms. The Kier molecular flexibility index (Phi) is 9.51. The minimum absolute atomic E-state index is 0.0910. The van der Waals surface area contributed by atoms with Crippen molar-refractivity contribution in [3.05, 3.63) is 53.8 Å². The fourth-order valence-electron chi connectivity index (χ4n) is 5.55. The van der Waals surface area contributed by atoms with Crippen LogP contribution in [0.25, 0.3) is 0 Å². The Bertz CT molecular complexity index is 1230. The number of aliphatic hydroxyl groups excluding tert-OH is 1. The second kappa shape index (κ2) is 12.7. The lowest BCUT2D eigenvalue weighted by molar-refractivity contribution is 0.0333. The minimum atomic E-state index is -4.08. The van der Waals surface area contributed by atoms with Crippen molar-refractivity contribution in [1.29, 1.82) is 0 Å². The number of anilines is 1. The number of carbonyl (C=O) groups excluding carboxylic acids is 1. The Morgan fingerprint density at radius 2 is 1.82 bits per heavy atom. The number of halogens is 1. The first-order valence-electron chi connectivity index (χ1n) is 13.8. The molecule has 1 amide bonds. The van der Waals surface area contributed by atoms with Gasteiger partial charge in [0.2, 0.25) is 0 Å². The standard InChI is InChI=1S/C29H40FN3O5S/c1-20-16-33(21(2)19-34)29(35)25-10-7-11-26(31-39(36,37)24-14-12-23(30)13-15-24)28(25)38-27(20)18-32(3)17-22-8-5-4-6-9-22/h7,10-15,20-22,27,31,34H,4-6,8-9,16-19H2,1-3H3/t20-,21+,27-/m0/s1. The van der Waals surface area contributed by atoms with Gasteiger partial charge < -0.3 is 19.6 Å². The summed E-state index contributed by atoms with van der Waals surface area (Å²) in [5.41, 5.74) is 0.359. The van der Waals surface area contributed by atoms with Gasteiger partial charge in [0.05, 0.1) is 28.8 Å². The maximum absolute atomic E-state index is 13.7. The average molecular weight is 562 g/mol. The number of nitrogens with zero attached hydrogens (tertiary/aromatic N) is 2. The smallest absolute Gasteiger partial charge is 0.262 e. The van der Waals surface area contributed by atoms with Gasteiger partial charge in [0.15, 0.2) is 5.75 Å². The van der Waals surface area contributed by atoms with Gasteiger partial charge in [-0.2, -0.15) is 0 Å². The van der Waals surface area contributed by atoms with Gasteiger partial charge in [0, 0.05) is 25.6 Å². The van der Waals surface area contributed by atoms with Crippen LogP contribution >= 0.6 is 0 Å². The third-order valence-corrected chi connectivity index (χ3v) is 9.23. The van der Waals surface area contributed by atoms with Crippen LogP contribution in [0.5, 0.6) is 5.75 Å². The maximum atomic E-state index is 13.7. The number of aliphatic hydroxyl groups is 1. The van der Waals surface area contributed by atoms with E-state index in [1.54, 1.807) is 30.0 Å². The van der Waals surface area contributed by atoms with Crippen LogP contribution in [-0.2, 0) is 10.0 Å². The minimum Gasteiger partial charge on any atom is -0.486 e. The van der Waals surface area contributed by atoms with Crippen molar-refractivity contribution in [1.82, 2.24) is 9.80 Å². The molecule has 2 aliphatic rings. The Morgan fingerprint density at radius 1 is 1.13 bits per heavy atom. The molecule has 0 unspecified atom stereocenters. The number of benzene rings is 2. The van der Waals surface area contributed by atoms with Crippen LogP contribution in [0.15, 0.2) is 47.4 Å². The van der Waals surface area contributed by atoms with Gasteiger partial charge in [0.1, 0.15) is 11.9 Å². The zero-order chi connectivity index (χ0) is 28.2. The van der Waals surface area contributed by atoms with Crippen LogP contribution in [0.1, 0.15) is 56.3 Å². The second-order valence-corrected chi connectivity index (χ2v) is 12.8. The molecule has 10 heteroatoms. The number of fused-ring (bicyclic) bond motifs is 1. The van der Waals surface area contributed by atoms with Crippen molar-refractivity contribution in [3.8, 4) is 5.75 Å². The fourth-order valence-corrected chi connectivity index (χ4v) is 6.61. The summed E-state index contributed by atoms with van der Waals surface area (Å²) in [6, 6.07) is 8.88. The van der Waals surface area contributed by atoms with Crippen LogP contribution in [0.2, 0.25) is 0 Å². The number of nitrogens with one attached hydrogen (secondary N) is 1. The van der Waals surface area contributed by atoms with Crippen molar-refractivity contribution >= 4 is 21.6 Å². The van der Waals surface area contributed by atoms with Crippen LogP contribution in [0, 0.1) is 17.7 Å². The Morgan fingerprint density at radius 3 is 2.49 bits per heavy atom. The topological polar surface area (TPSA) is 99.2 Å². The second-order valence-electron chi connectivity index (χ2n) is 11.1. The van der Waals surface area contributed by atoms with Crippen molar-refractivity contribution in [2.75, 3.05) is 38.0 Å². The predicted octanol–water partition coefficient (Wildman–Crippen LogP) is 4.36. The molecule has 0 radical (unpaired) electrons. The van der Waals surface area contributed by atoms with Gasteiger partial charge in [-0.3, -0.25) is 9.52 Å². The average Bonchev–Trinajstić information content (AvgIpc) is 2.91. The zero-order valence-corrected chi connectivity index (χ0v) is 23.8. The molecule has 214 valence electrons. The lowest BCUT2D eigenvalue weighted by Gasteiger charge is -2.39. The molecule has 0 saturated heterocycles. The molecule has 0 aromatic heterocycles. The lowest BCUT2D eigenvalue weighted by atomic mass is 9.89. The number of rotatable bonds is 9. The monoisotopic (exact) mass is 561 g/mol. The van der Waals surface area contributed by atoms with Gasteiger partial charge in [-0.05, 0) is 69.1 Å². The fraction of sp³-hybridized carbons (Fsp3) is 0.552. The van der Waals surface area contributed by atoms with Crippen LogP contribution in [0.4, 0.5) is 10.1 Å². The number of sulfonamides is 1. The third kappa shape index (κ3) is 7.10. The first kappa shape index (κ1) is 29.3. The van der Waals surface area contributed by atoms with E-state index in [4.69, 9.17) is 4.74 Å². The zero-order valence-electron chi connectivity index (χ0n) is 23.0. The van der Waals surface area contributed by atoms with E-state index in [1.165, 1.54) is 44.2 Å². The summed E-state index contributed by atoms with van der Waals surface area (Å²) in [6.45, 7) is 5.56. The molecule has 2 aromatic carbocycles. The molecule has 1 heterocycles. The number of hydrogen-bond acceptors (Lipinski definition) is 6. The number of likely N-dealkylation sites (N-methyl/N-ethyl adjacent to an activating group) is 1. The Balaban J connectivity index is 1.68. The first-order valence-corrected chi connectivity index (χ1v) is 15.3. The SMILES string of the molecule is C[C@H](CO)N1C[C@H](C)[C@H](CN(C)CC2CCCCC2)Oc2c(NS(=O)(=O)c3ccc(F)cc3)cccc2C1=O. The summed E-state index contributed by atoms with van der Waals surface area (Å²) in [4.78, 5) is 17.5. The van der Waals surface area contributed by atoms with Gasteiger partial charge in [0.25, 0.3) is 15.9 Å². The molecule has 1 fully saturated rings. The first-order chi connectivity index (χ1) is 18.6. The molecule has 2 aromatic rings. The van der Waals surface area contributed by atoms with Crippen LogP contribution in [0.3, 0.4) is 0 Å². The molecular formula is C29H40FN3O5S. The molecule has 2 N–H and O–H groups in total. The largest absolute Gasteiger partial charge is 0.486 e. The molecule has 4 rings (SSSR count). The van der Waals surface area contributed by atoms with E-state index >= 15 is 0 Å². The molecule has 39 heavy (non-hydrogen) atoms. The van der Waals surface area contributed by atoms with Crippen LogP contribution < -0.4 is 9.46 Å². The molecule has 1 aliphatic heterocycles. The van der Waals surface area contributed by atoms with Gasteiger partial charge in [-0.25, -0.2) is 12.8 Å². The summed E-state index contributed by atoms with van der Waals surface area (Å²) < 4.78 is 48.9. The number of amides is 1. The molecule has 8 nitrogen and oxygen atoms in total. The molecule has 1 aliphatic carbocycles. The third-order valence-electron chi connectivity index (χ3n) is 7.85. The lowest BCUT2D eigenvalue weighted by Crippen LogP contribution is -2.50. The highest BCUT2D eigenvalue weighted by Crippen LogP contribution is 2.36. The Labute approximate surface area is 231 Å². The van der Waals surface area contributed by atoms with Crippen molar-refractivity contribution in [2.24, 2.45) is 11.8 Å². The number of para-hydroxylation sites is 1. The number of ether oxygens (including phenoxy) is 1. The summed E-state index contributed by atoms with van der Waals surface area (Å²) in [6.07, 6.45) is 5.92. The van der Waals surface area contributed by atoms with E-state index in [1.807, 2.05) is 6.92 Å². The van der Waals surface area contributed by atoms with E-state index in [2.05, 4.69) is 16.7 Å². The maximum Gasteiger partial charge on any atom is 0.262 e. The molecule has 3 atom stereocenters. The van der Waals surface area contributed by atoms with Crippen molar-refractivity contribution in [2.45, 2.75) is 63.0 Å². The van der Waals surface area contributed by atoms with E-state index in [-0.39, 0.29) is 46.4 Å². The molecule has 0 spiro atoms. The molecular weight excluding hydrogens is 521 g/mol. The van der Waals surface area contributed by atoms with E-state index in [0.717, 1.165) is 18.7 Å². The number of hydrogen-bond donors (Lipinski definition) is 2. The summed E-state index contributed by atoms with van der Waals surface area (Å²) in [5.74, 6) is -0.168. The highest BCUT2D eigenvalue weighted by atomic mass is 32.2. The van der Waals surface area contributed by atoms with Gasteiger partial charge >= 0.3 is 0 Å². The summed E-state index contributed by atoms with van der Waals surface area (Å²) in [5, 5.41) is 9.90. The van der Waals surface area contributed by atoms with Crippen molar-refractivity contribution in [3.63, 3.8) is 0 Å². The number of carbonyl (C=O) groups is 1. The highest BCUT2D eigenvalue weighted by Gasteiger charge is 2.35. The predicted molar refractivity (Wildman–Crippen MR) is 149 cm³/mol. The quantitative estimate of drug-likeness (QED) is 0.472. The van der Waals surface area contributed by atoms with E-state index in [0.29, 0.717) is 19.0 Å². The Hall–Kier alpha value is -2.69. The van der Waals surface area contributed by atoms with Gasteiger partial charge in [-0.1, -0.05) is 32.3 Å². The molecule has 1 saturated carbocycles. The normalized spacial score (nSPS) is 21.6. The van der Waals surface area contributed by atoms with Crippen LogP contribution in [-0.4, -0.2) is 74.7 Å². The summed E-state index contributed by atoms with van der Waals surface area (Å²) in [7, 11) is -2.01. The highest BCUT2D eigenvalue weighted by molar-refractivity contribution is 7.92. The summed E-state index contributed by atoms with van der Waals surface area (Å²) >= 11 is 0. The van der Waals surface area contributed by atoms with E-state index in [9.17, 15) is 22.7 Å². The van der Waals surface area contributed by atoms with E-state index < -0.39 is 21.9 Å². The van der Waals surface area contributed by atoms with Gasteiger partial charge in [-0.15, -0.1) is 0 Å². The van der Waals surface area contributed by atoms with Crippen molar-refractivity contribution < 1.29 is 27.4 Å².